The molecule has 23 nitrogen and oxygen atoms in total. The molecule has 0 radical (unpaired) electrons. The van der Waals surface area contributed by atoms with Gasteiger partial charge in [-0.15, -0.1) is 0 Å². The van der Waals surface area contributed by atoms with Crippen LogP contribution in [0.25, 0.3) is 33.1 Å². The number of nitrogens with one attached hydrogen (secondary N) is 6. The van der Waals surface area contributed by atoms with E-state index >= 15 is 13.2 Å². The predicted octanol–water partition coefficient (Wildman–Crippen LogP) is 13.0. The van der Waals surface area contributed by atoms with E-state index in [0.29, 0.717) is 84.6 Å². The molecule has 3 saturated heterocycles. The number of hydrogen-bond donors (Lipinski definition) is 6. The molecule has 6 aromatic heterocycles. The van der Waals surface area contributed by atoms with Crippen molar-refractivity contribution in [3.63, 3.8) is 0 Å². The van der Waals surface area contributed by atoms with E-state index in [2.05, 4.69) is 65.7 Å². The first-order chi connectivity index (χ1) is 46.7. The molecule has 32 heteroatoms. The van der Waals surface area contributed by atoms with Gasteiger partial charge < -0.3 is 39.3 Å². The third-order valence-electron chi connectivity index (χ3n) is 16.8. The third-order valence-corrected chi connectivity index (χ3v) is 21.3. The number of carbonyl (C=O) groups is 3. The molecule has 0 saturated carbocycles. The number of H-pyrrole nitrogens is 3. The Labute approximate surface area is 591 Å². The van der Waals surface area contributed by atoms with Gasteiger partial charge in [-0.25, -0.2) is 66.5 Å². The number of benzene rings is 3. The molecule has 6 N–H and O–H groups in total. The molecule has 554 valence electrons. The van der Waals surface area contributed by atoms with Crippen LogP contribution in [-0.2, 0) is 34.8 Å². The Bertz CT molecular complexity index is 4620. The summed E-state index contributed by atoms with van der Waals surface area (Å²) in [5.41, 5.74) is -0.0795. The van der Waals surface area contributed by atoms with Gasteiger partial charge in [-0.05, 0) is 99.7 Å². The summed E-state index contributed by atoms with van der Waals surface area (Å²) in [4.78, 5) is 69.8. The number of piperidine rings is 1. The van der Waals surface area contributed by atoms with Crippen molar-refractivity contribution in [2.24, 2.45) is 5.92 Å². The second-order valence-corrected chi connectivity index (χ2v) is 29.6. The smallest absolute Gasteiger partial charge is 0.232 e. The van der Waals surface area contributed by atoms with Gasteiger partial charge in [0.05, 0.1) is 99.9 Å². The number of aromatic amines is 3. The Morgan fingerprint density at radius 3 is 1.07 bits per heavy atom. The van der Waals surface area contributed by atoms with Crippen LogP contribution in [0.15, 0.2) is 91.8 Å². The summed E-state index contributed by atoms with van der Waals surface area (Å²) in [6.45, 7) is 14.7. The number of carbonyl (C=O) groups excluding carboxylic acids is 3. The molecule has 9 aromatic rings. The second kappa shape index (κ2) is 34.7. The van der Waals surface area contributed by atoms with E-state index in [4.69, 9.17) is 4.74 Å². The number of sulfonamides is 3. The maximum Gasteiger partial charge on any atom is 0.232 e. The topological polar surface area (TPSA) is 298 Å². The van der Waals surface area contributed by atoms with Crippen molar-refractivity contribution in [2.45, 2.75) is 89.5 Å². The van der Waals surface area contributed by atoms with Crippen molar-refractivity contribution >= 4 is 115 Å². The zero-order valence-electron chi connectivity index (χ0n) is 54.2. The SMILES string of the molecule is C.C.C.C.CCCS(=O)(=O)Nc1ccc(F)c(C(=O)c2c[nH]c3ncc(N4CCC(C)CC4)cc23)c1F.CCCS(=O)(=O)Nc1ccc(F)c(C(=O)c2c[nH]c3ncc(N4CCN(C)CC4)cc23)c1F.CCCS(=O)(=O)Nc1ccc(F)c(C(=O)c2c[nH]c3ncc(N4CCOCC4)cc23)c1F. The first-order valence-corrected chi connectivity index (χ1v) is 36.7. The summed E-state index contributed by atoms with van der Waals surface area (Å²) < 4.78 is 173. The molecule has 102 heavy (non-hydrogen) atoms. The van der Waals surface area contributed by atoms with Gasteiger partial charge in [0.2, 0.25) is 47.4 Å². The highest BCUT2D eigenvalue weighted by Crippen LogP contribution is 2.34. The van der Waals surface area contributed by atoms with Crippen molar-refractivity contribution in [1.82, 2.24) is 34.8 Å². The number of morpholine rings is 1. The monoisotopic (exact) mass is 1480 g/mol. The minimum absolute atomic E-state index is 0. The van der Waals surface area contributed by atoms with Crippen LogP contribution in [-0.4, -0.2) is 167 Å². The van der Waals surface area contributed by atoms with Gasteiger partial charge in [-0.2, -0.15) is 0 Å². The van der Waals surface area contributed by atoms with Crippen LogP contribution in [0.5, 0.6) is 0 Å². The van der Waals surface area contributed by atoms with Crippen molar-refractivity contribution in [3.8, 4) is 0 Å². The van der Waals surface area contributed by atoms with E-state index in [-0.39, 0.29) is 63.7 Å². The average Bonchev–Trinajstić information content (AvgIpc) is 1.53. The lowest BCUT2D eigenvalue weighted by molar-refractivity contribution is 0.102. The summed E-state index contributed by atoms with van der Waals surface area (Å²) in [6.07, 6.45) is 12.2. The fourth-order valence-corrected chi connectivity index (χ4v) is 15.0. The zero-order chi connectivity index (χ0) is 70.4. The molecule has 0 unspecified atom stereocenters. The van der Waals surface area contributed by atoms with Gasteiger partial charge in [-0.1, -0.05) is 57.4 Å². The molecule has 0 atom stereocenters. The first kappa shape index (κ1) is 81.9. The molecule has 3 aliphatic rings. The van der Waals surface area contributed by atoms with E-state index in [0.717, 1.165) is 106 Å². The van der Waals surface area contributed by atoms with Gasteiger partial charge in [0.25, 0.3) is 0 Å². The summed E-state index contributed by atoms with van der Waals surface area (Å²) in [5.74, 6) is -9.73. The number of anilines is 6. The van der Waals surface area contributed by atoms with Gasteiger partial charge in [0.1, 0.15) is 34.4 Å². The number of fused-ring (bicyclic) bond motifs is 3. The number of piperazine rings is 1. The highest BCUT2D eigenvalue weighted by atomic mass is 32.2. The summed E-state index contributed by atoms with van der Waals surface area (Å²) >= 11 is 0. The number of halogens is 6. The zero-order valence-corrected chi connectivity index (χ0v) is 56.6. The summed E-state index contributed by atoms with van der Waals surface area (Å²) in [6, 6.07) is 10.8. The Morgan fingerprint density at radius 1 is 0.471 bits per heavy atom. The van der Waals surface area contributed by atoms with Gasteiger partial charge in [-0.3, -0.25) is 28.5 Å². The standard InChI is InChI=1S/C23H26F2N4O3S.C22H25F2N5O3S.C21H22F2N4O4S.4CH4/c1-3-10-33(31,32)28-19-5-4-18(24)20(21(19)25)22(30)17-13-27-23-16(17)11-15(12-26-23)29-8-6-14(2)7-9-29;1-3-10-33(31,32)27-18-5-4-17(23)19(20(18)24)21(30)16-13-26-22-15(16)11-14(12-25-22)29-8-6-28(2)7-9-29;1-2-9-32(29,30)26-17-4-3-16(22)18(19(17)23)20(28)15-12-25-21-14(15)10-13(11-24-21)27-5-7-31-8-6-27;;;;/h4-5,11-14,28H,3,6-10H2,1-2H3,(H,26,27);4-5,11-13,27H,3,6-10H2,1-2H3,(H,25,26);3-4,10-12,26H,2,5-9H2,1H3,(H,24,25);4*1H4. The van der Waals surface area contributed by atoms with Crippen LogP contribution < -0.4 is 28.9 Å². The summed E-state index contributed by atoms with van der Waals surface area (Å²) in [7, 11) is -9.42. The number of likely N-dealkylation sites (N-methyl/N-ethyl adjacent to an activating group) is 1. The Kier molecular flexibility index (Phi) is 27.9. The fourth-order valence-electron chi connectivity index (χ4n) is 11.6. The minimum Gasteiger partial charge on any atom is -0.378 e. The number of pyridine rings is 3. The number of ketones is 3. The molecule has 12 rings (SSSR count). The molecule has 3 aromatic carbocycles. The van der Waals surface area contributed by atoms with Crippen molar-refractivity contribution in [1.29, 1.82) is 0 Å². The first-order valence-electron chi connectivity index (χ1n) is 31.7. The minimum atomic E-state index is -3.82. The molecule has 0 aliphatic carbocycles. The number of nitrogens with zero attached hydrogens (tertiary/aromatic N) is 7. The normalized spacial score (nSPS) is 14.4. The lowest BCUT2D eigenvalue weighted by Crippen LogP contribution is -2.44. The van der Waals surface area contributed by atoms with E-state index < -0.39 is 116 Å². The average molecular weight is 1480 g/mol. The van der Waals surface area contributed by atoms with Gasteiger partial charge >= 0.3 is 0 Å². The van der Waals surface area contributed by atoms with E-state index in [1.54, 1.807) is 57.6 Å². The third kappa shape index (κ3) is 18.6. The van der Waals surface area contributed by atoms with Crippen LogP contribution in [0, 0.1) is 40.8 Å². The van der Waals surface area contributed by atoms with Crippen LogP contribution >= 0.6 is 0 Å². The van der Waals surface area contributed by atoms with E-state index in [9.17, 15) is 52.8 Å². The lowest BCUT2D eigenvalue weighted by Gasteiger charge is -2.33. The van der Waals surface area contributed by atoms with E-state index in [1.807, 2.05) is 11.9 Å². The predicted molar refractivity (Wildman–Crippen MR) is 391 cm³/mol. The van der Waals surface area contributed by atoms with Crippen molar-refractivity contribution < 1.29 is 70.7 Å². The van der Waals surface area contributed by atoms with E-state index in [1.165, 1.54) is 18.6 Å². The second-order valence-electron chi connectivity index (χ2n) is 24.0. The maximum atomic E-state index is 15.1. The number of hydrogen-bond acceptors (Lipinski definition) is 17. The highest BCUT2D eigenvalue weighted by molar-refractivity contribution is 7.93. The molecule has 0 spiro atoms. The van der Waals surface area contributed by atoms with Crippen LogP contribution in [0.4, 0.5) is 60.5 Å². The highest BCUT2D eigenvalue weighted by Gasteiger charge is 2.31. The molecular formula is C70H89F6N13O10S3. The Balaban J connectivity index is 0.000000236. The Hall–Kier alpha value is -9.11. The van der Waals surface area contributed by atoms with Crippen molar-refractivity contribution in [2.75, 3.05) is 119 Å². The number of rotatable bonds is 21. The largest absolute Gasteiger partial charge is 0.378 e. The van der Waals surface area contributed by atoms with Crippen molar-refractivity contribution in [3.05, 3.63) is 160 Å². The molecule has 0 bridgehead atoms. The van der Waals surface area contributed by atoms with Gasteiger partial charge in [0, 0.05) is 104 Å². The molecule has 0 amide bonds. The number of ether oxygens (including phenoxy) is 1. The fraction of sp³-hybridized carbons (Fsp3) is 0.400. The molecular weight excluding hydrogens is 1390 g/mol. The maximum absolute atomic E-state index is 15.1. The van der Waals surface area contributed by atoms with Crippen LogP contribution in [0.2, 0.25) is 0 Å². The lowest BCUT2D eigenvalue weighted by atomic mass is 9.98. The molecule has 9 heterocycles. The van der Waals surface area contributed by atoms with Crippen LogP contribution in [0.1, 0.15) is 137 Å². The summed E-state index contributed by atoms with van der Waals surface area (Å²) in [5, 5.41) is 1.30. The Morgan fingerprint density at radius 2 is 0.765 bits per heavy atom. The molecule has 3 fully saturated rings. The van der Waals surface area contributed by atoms with Gasteiger partial charge in [0.15, 0.2) is 17.5 Å². The molecule has 3 aliphatic heterocycles. The number of aromatic nitrogens is 6. The quantitative estimate of drug-likeness (QED) is 0.0288. The van der Waals surface area contributed by atoms with Crippen LogP contribution in [0.3, 0.4) is 0 Å².